The minimum atomic E-state index is -1.19. The van der Waals surface area contributed by atoms with E-state index in [-0.39, 0.29) is 53.6 Å². The lowest BCUT2D eigenvalue weighted by Gasteiger charge is -2.65. The van der Waals surface area contributed by atoms with E-state index < -0.39 is 28.7 Å². The summed E-state index contributed by atoms with van der Waals surface area (Å²) in [6, 6.07) is 0. The lowest BCUT2D eigenvalue weighted by Crippen LogP contribution is -2.69. The quantitative estimate of drug-likeness (QED) is 0.295. The number of esters is 1. The van der Waals surface area contributed by atoms with Crippen molar-refractivity contribution in [3.05, 3.63) is 11.6 Å². The van der Waals surface area contributed by atoms with Gasteiger partial charge in [0, 0.05) is 24.3 Å². The SMILES string of the molecule is C[C@@H]1O[C@H](O[C@@H]2CC[C@]3(C=O)[C@H]4CC[C@]5(C)[C@H](C6=CC(=O)OC6)CC[C@]5(O)[C@@H]4CC[C@]3(O)C2)C[C@H]2OC(C)(C)O[C@H]12. The van der Waals surface area contributed by atoms with Gasteiger partial charge in [-0.25, -0.2) is 4.79 Å². The first-order valence-electron chi connectivity index (χ1n) is 15.8. The molecule has 4 saturated carbocycles. The van der Waals surface area contributed by atoms with Gasteiger partial charge >= 0.3 is 5.97 Å². The van der Waals surface area contributed by atoms with Gasteiger partial charge in [0.25, 0.3) is 0 Å². The van der Waals surface area contributed by atoms with E-state index in [4.69, 9.17) is 23.7 Å². The van der Waals surface area contributed by atoms with Crippen molar-refractivity contribution < 1.29 is 43.5 Å². The second kappa shape index (κ2) is 9.32. The molecule has 0 spiro atoms. The van der Waals surface area contributed by atoms with Crippen LogP contribution in [-0.4, -0.2) is 76.8 Å². The number of carbonyl (C=O) groups is 2. The molecule has 3 heterocycles. The molecule has 41 heavy (non-hydrogen) atoms. The molecule has 0 aromatic carbocycles. The van der Waals surface area contributed by atoms with Crippen LogP contribution in [0.2, 0.25) is 0 Å². The standard InChI is InChI=1S/C32H46O9/c1-18-27-24(40-28(2,3)41-27)14-26(38-18)39-20-5-10-30(17-33)22-6-9-29(4)21(19-13-25(34)37-16-19)8-12-32(29,36)23(22)7-11-31(30,35)15-20/h13,17-18,20-24,26-27,35-36H,5-12,14-16H2,1-4H3/t18-,20+,21-,22-,23+,24+,26+,27+,29+,30-,31-,32-/m0/s1. The maximum absolute atomic E-state index is 13.1. The van der Waals surface area contributed by atoms with Crippen molar-refractivity contribution in [1.82, 2.24) is 0 Å². The van der Waals surface area contributed by atoms with Crippen LogP contribution >= 0.6 is 0 Å². The number of hydrogen-bond donors (Lipinski definition) is 2. The Morgan fingerprint density at radius 3 is 2.51 bits per heavy atom. The summed E-state index contributed by atoms with van der Waals surface area (Å²) >= 11 is 0. The van der Waals surface area contributed by atoms with Crippen LogP contribution in [0.15, 0.2) is 11.6 Å². The Bertz CT molecular complexity index is 1140. The third-order valence-electron chi connectivity index (χ3n) is 12.7. The van der Waals surface area contributed by atoms with Gasteiger partial charge in [-0.15, -0.1) is 0 Å². The average molecular weight is 575 g/mol. The summed E-state index contributed by atoms with van der Waals surface area (Å²) in [5.74, 6) is -1.02. The van der Waals surface area contributed by atoms with E-state index in [0.29, 0.717) is 51.6 Å². The predicted molar refractivity (Wildman–Crippen MR) is 145 cm³/mol. The van der Waals surface area contributed by atoms with E-state index in [9.17, 15) is 19.8 Å². The molecule has 9 heteroatoms. The Morgan fingerprint density at radius 2 is 1.78 bits per heavy atom. The smallest absolute Gasteiger partial charge is 0.331 e. The monoisotopic (exact) mass is 574 g/mol. The summed E-state index contributed by atoms with van der Waals surface area (Å²) < 4.78 is 30.0. The fraction of sp³-hybridized carbons (Fsp3) is 0.875. The highest BCUT2D eigenvalue weighted by Crippen LogP contribution is 2.70. The number of cyclic esters (lactones) is 1. The molecular weight excluding hydrogens is 528 g/mol. The molecule has 12 atom stereocenters. The van der Waals surface area contributed by atoms with Gasteiger partial charge < -0.3 is 38.7 Å². The number of fused-ring (bicyclic) bond motifs is 6. The molecule has 7 rings (SSSR count). The molecule has 0 aromatic rings. The molecule has 3 aliphatic heterocycles. The van der Waals surface area contributed by atoms with Crippen molar-refractivity contribution in [3.63, 3.8) is 0 Å². The van der Waals surface area contributed by atoms with Gasteiger partial charge in [-0.05, 0) is 95.5 Å². The molecule has 2 saturated heterocycles. The van der Waals surface area contributed by atoms with Crippen molar-refractivity contribution in [1.29, 1.82) is 0 Å². The molecule has 7 aliphatic rings. The number of ether oxygens (including phenoxy) is 5. The normalized spacial score (nSPS) is 53.9. The highest BCUT2D eigenvalue weighted by Gasteiger charge is 2.71. The maximum atomic E-state index is 13.1. The fourth-order valence-electron chi connectivity index (χ4n) is 10.7. The first-order chi connectivity index (χ1) is 19.3. The second-order valence-electron chi connectivity index (χ2n) is 14.9. The number of aldehydes is 1. The van der Waals surface area contributed by atoms with E-state index >= 15 is 0 Å². The minimum Gasteiger partial charge on any atom is -0.458 e. The number of carbonyl (C=O) groups excluding carboxylic acids is 2. The van der Waals surface area contributed by atoms with E-state index in [1.54, 1.807) is 6.08 Å². The zero-order chi connectivity index (χ0) is 29.0. The Balaban J connectivity index is 1.08. The topological polar surface area (TPSA) is 121 Å². The van der Waals surface area contributed by atoms with E-state index in [0.717, 1.165) is 31.1 Å². The van der Waals surface area contributed by atoms with Gasteiger partial charge in [0.15, 0.2) is 12.1 Å². The number of hydrogen-bond acceptors (Lipinski definition) is 9. The molecule has 4 aliphatic carbocycles. The largest absolute Gasteiger partial charge is 0.458 e. The van der Waals surface area contributed by atoms with Crippen molar-refractivity contribution in [2.75, 3.05) is 6.61 Å². The molecule has 0 bridgehead atoms. The molecule has 6 fully saturated rings. The molecule has 9 nitrogen and oxygen atoms in total. The molecular formula is C32H46O9. The summed E-state index contributed by atoms with van der Waals surface area (Å²) in [5.41, 5.74) is -2.44. The highest BCUT2D eigenvalue weighted by atomic mass is 16.8. The Kier molecular flexibility index (Phi) is 6.46. The van der Waals surface area contributed by atoms with Crippen molar-refractivity contribution in [2.45, 2.75) is 140 Å². The minimum absolute atomic E-state index is 0.0739. The summed E-state index contributed by atoms with van der Waals surface area (Å²) in [4.78, 5) is 24.9. The Labute approximate surface area is 242 Å². The van der Waals surface area contributed by atoms with Crippen LogP contribution in [0.4, 0.5) is 0 Å². The first kappa shape index (κ1) is 28.4. The molecule has 0 amide bonds. The van der Waals surface area contributed by atoms with Gasteiger partial charge in [0.2, 0.25) is 0 Å². The van der Waals surface area contributed by atoms with Gasteiger partial charge in [-0.2, -0.15) is 0 Å². The van der Waals surface area contributed by atoms with E-state index in [1.165, 1.54) is 0 Å². The summed E-state index contributed by atoms with van der Waals surface area (Å²) in [7, 11) is 0. The van der Waals surface area contributed by atoms with Crippen LogP contribution in [-0.2, 0) is 33.3 Å². The van der Waals surface area contributed by atoms with Crippen molar-refractivity contribution in [2.24, 2.45) is 28.6 Å². The third-order valence-corrected chi connectivity index (χ3v) is 12.7. The first-order valence-corrected chi connectivity index (χ1v) is 15.8. The van der Waals surface area contributed by atoms with Crippen LogP contribution in [0, 0.1) is 28.6 Å². The lowest BCUT2D eigenvalue weighted by atomic mass is 9.41. The zero-order valence-electron chi connectivity index (χ0n) is 24.8. The second-order valence-corrected chi connectivity index (χ2v) is 14.9. The highest BCUT2D eigenvalue weighted by molar-refractivity contribution is 5.85. The summed E-state index contributed by atoms with van der Waals surface area (Å²) in [6.07, 6.45) is 7.78. The van der Waals surface area contributed by atoms with Crippen LogP contribution < -0.4 is 0 Å². The van der Waals surface area contributed by atoms with Gasteiger partial charge in [0.05, 0.1) is 34.9 Å². The van der Waals surface area contributed by atoms with Gasteiger partial charge in [0.1, 0.15) is 19.0 Å². The number of rotatable bonds is 4. The van der Waals surface area contributed by atoms with E-state index in [1.807, 2.05) is 20.8 Å². The Morgan fingerprint density at radius 1 is 1.00 bits per heavy atom. The lowest BCUT2D eigenvalue weighted by molar-refractivity contribution is -0.278. The van der Waals surface area contributed by atoms with Crippen LogP contribution in [0.1, 0.15) is 91.9 Å². The van der Waals surface area contributed by atoms with Crippen LogP contribution in [0.5, 0.6) is 0 Å². The van der Waals surface area contributed by atoms with E-state index in [2.05, 4.69) is 6.92 Å². The fourth-order valence-corrected chi connectivity index (χ4v) is 10.7. The zero-order valence-corrected chi connectivity index (χ0v) is 24.8. The predicted octanol–water partition coefficient (Wildman–Crippen LogP) is 3.58. The summed E-state index contributed by atoms with van der Waals surface area (Å²) in [6.45, 7) is 8.28. The van der Waals surface area contributed by atoms with Crippen molar-refractivity contribution in [3.8, 4) is 0 Å². The molecule has 228 valence electrons. The average Bonchev–Trinajstić information content (AvgIpc) is 3.55. The Hall–Kier alpha value is -1.36. The van der Waals surface area contributed by atoms with Gasteiger partial charge in [-0.3, -0.25) is 0 Å². The summed E-state index contributed by atoms with van der Waals surface area (Å²) in [5, 5.41) is 24.7. The number of aliphatic hydroxyl groups is 2. The molecule has 0 unspecified atom stereocenters. The van der Waals surface area contributed by atoms with Crippen molar-refractivity contribution >= 4 is 12.3 Å². The molecule has 0 radical (unpaired) electrons. The third kappa shape index (κ3) is 4.02. The van der Waals surface area contributed by atoms with Gasteiger partial charge in [-0.1, -0.05) is 6.92 Å². The maximum Gasteiger partial charge on any atom is 0.331 e. The van der Waals surface area contributed by atoms with Crippen LogP contribution in [0.3, 0.4) is 0 Å². The van der Waals surface area contributed by atoms with Crippen LogP contribution in [0.25, 0.3) is 0 Å². The molecule has 0 aromatic heterocycles. The molecule has 2 N–H and O–H groups in total.